The number of rotatable bonds is 5. The average Bonchev–Trinajstić information content (AvgIpc) is 2.28. The van der Waals surface area contributed by atoms with Gasteiger partial charge in [-0.25, -0.2) is 0 Å². The molecule has 0 fully saturated rings. The number of nitrogens with one attached hydrogen (secondary N) is 1. The molecule has 0 spiro atoms. The molecule has 0 bridgehead atoms. The quantitative estimate of drug-likeness (QED) is 0.586. The van der Waals surface area contributed by atoms with Crippen molar-refractivity contribution in [3.63, 3.8) is 0 Å². The number of methoxy groups -OCH3 is 1. The largest absolute Gasteiger partial charge is 0.384 e. The lowest BCUT2D eigenvalue weighted by Gasteiger charge is -2.10. The number of guanidine groups is 1. The Morgan fingerprint density at radius 1 is 1.44 bits per heavy atom. The highest BCUT2D eigenvalue weighted by molar-refractivity contribution is 5.92. The second kappa shape index (κ2) is 6.85. The van der Waals surface area contributed by atoms with Gasteiger partial charge in [0.05, 0.1) is 6.61 Å². The van der Waals surface area contributed by atoms with Gasteiger partial charge in [-0.05, 0) is 25.0 Å². The molecular weight excluding hydrogens is 202 g/mol. The number of benzene rings is 1. The molecule has 0 heterocycles. The molecule has 3 N–H and O–H groups in total. The second-order valence-electron chi connectivity index (χ2n) is 3.38. The fraction of sp³-hybridized carbons (Fsp3) is 0.417. The van der Waals surface area contributed by atoms with Gasteiger partial charge in [0, 0.05) is 19.3 Å². The van der Waals surface area contributed by atoms with Crippen LogP contribution in [0.25, 0.3) is 0 Å². The first kappa shape index (κ1) is 12.5. The molecule has 16 heavy (non-hydrogen) atoms. The Balaban J connectivity index is 2.74. The van der Waals surface area contributed by atoms with Crippen molar-refractivity contribution in [2.75, 3.05) is 25.6 Å². The molecule has 0 saturated heterocycles. The zero-order chi connectivity index (χ0) is 11.8. The van der Waals surface area contributed by atoms with Crippen molar-refractivity contribution in [3.8, 4) is 0 Å². The van der Waals surface area contributed by atoms with E-state index in [9.17, 15) is 0 Å². The predicted molar refractivity (Wildman–Crippen MR) is 67.8 cm³/mol. The summed E-state index contributed by atoms with van der Waals surface area (Å²) in [7, 11) is 1.70. The van der Waals surface area contributed by atoms with E-state index in [0.717, 1.165) is 12.1 Å². The highest BCUT2D eigenvalue weighted by Gasteiger charge is 2.01. The molecule has 0 radical (unpaired) electrons. The Hall–Kier alpha value is -1.55. The van der Waals surface area contributed by atoms with Crippen LogP contribution in [0.5, 0.6) is 0 Å². The van der Waals surface area contributed by atoms with Crippen LogP contribution in [-0.4, -0.2) is 26.2 Å². The Kier molecular flexibility index (Phi) is 5.36. The van der Waals surface area contributed by atoms with E-state index in [1.165, 1.54) is 5.56 Å². The van der Waals surface area contributed by atoms with Crippen molar-refractivity contribution in [1.29, 1.82) is 0 Å². The second-order valence-corrected chi connectivity index (χ2v) is 3.38. The fourth-order valence-corrected chi connectivity index (χ4v) is 1.42. The van der Waals surface area contributed by atoms with Crippen LogP contribution in [0, 0.1) is 0 Å². The fourth-order valence-electron chi connectivity index (χ4n) is 1.42. The van der Waals surface area contributed by atoms with E-state index in [1.807, 2.05) is 25.1 Å². The topological polar surface area (TPSA) is 59.6 Å². The van der Waals surface area contributed by atoms with E-state index >= 15 is 0 Å². The minimum atomic E-state index is 0.451. The Morgan fingerprint density at radius 3 is 2.88 bits per heavy atom. The van der Waals surface area contributed by atoms with Crippen LogP contribution in [0.3, 0.4) is 0 Å². The lowest BCUT2D eigenvalue weighted by Crippen LogP contribution is -2.23. The number of hydrogen-bond donors (Lipinski definition) is 2. The van der Waals surface area contributed by atoms with Gasteiger partial charge in [0.15, 0.2) is 5.96 Å². The van der Waals surface area contributed by atoms with Gasteiger partial charge in [-0.3, -0.25) is 4.99 Å². The summed E-state index contributed by atoms with van der Waals surface area (Å²) in [5.74, 6) is 0.451. The lowest BCUT2D eigenvalue weighted by atomic mass is 10.1. The van der Waals surface area contributed by atoms with Crippen LogP contribution < -0.4 is 11.1 Å². The monoisotopic (exact) mass is 221 g/mol. The first-order valence-electron chi connectivity index (χ1n) is 5.41. The molecule has 0 saturated carbocycles. The van der Waals surface area contributed by atoms with Gasteiger partial charge in [-0.2, -0.15) is 0 Å². The van der Waals surface area contributed by atoms with Crippen LogP contribution in [0.2, 0.25) is 0 Å². The number of nitrogens with zero attached hydrogens (tertiary/aromatic N) is 1. The Morgan fingerprint density at radius 2 is 2.19 bits per heavy atom. The number of anilines is 1. The van der Waals surface area contributed by atoms with Crippen LogP contribution in [-0.2, 0) is 11.2 Å². The highest BCUT2D eigenvalue weighted by Crippen LogP contribution is 2.15. The number of nitrogens with two attached hydrogens (primary N) is 1. The van der Waals surface area contributed by atoms with Gasteiger partial charge in [0.25, 0.3) is 0 Å². The summed E-state index contributed by atoms with van der Waals surface area (Å²) in [6, 6.07) is 8.02. The lowest BCUT2D eigenvalue weighted by molar-refractivity contribution is 0.202. The average molecular weight is 221 g/mol. The molecular formula is C12H19N3O. The molecule has 4 heteroatoms. The van der Waals surface area contributed by atoms with Crippen LogP contribution >= 0.6 is 0 Å². The first-order chi connectivity index (χ1) is 7.77. The van der Waals surface area contributed by atoms with E-state index in [0.29, 0.717) is 19.1 Å². The highest BCUT2D eigenvalue weighted by atomic mass is 16.5. The van der Waals surface area contributed by atoms with E-state index in [2.05, 4.69) is 16.4 Å². The molecule has 4 nitrogen and oxygen atoms in total. The normalized spacial score (nSPS) is 11.5. The summed E-state index contributed by atoms with van der Waals surface area (Å²) in [5.41, 5.74) is 7.90. The third-order valence-electron chi connectivity index (χ3n) is 2.18. The molecule has 0 amide bonds. The van der Waals surface area contributed by atoms with Crippen molar-refractivity contribution in [1.82, 2.24) is 0 Å². The molecule has 0 aromatic heterocycles. The SMILES string of the molecule is CCN=C(N)Nc1ccccc1CCOC. The summed E-state index contributed by atoms with van der Waals surface area (Å²) >= 11 is 0. The van der Waals surface area contributed by atoms with Crippen molar-refractivity contribution >= 4 is 11.6 Å². The Bertz CT molecular complexity index is 350. The van der Waals surface area contributed by atoms with Gasteiger partial charge >= 0.3 is 0 Å². The zero-order valence-electron chi connectivity index (χ0n) is 9.86. The van der Waals surface area contributed by atoms with Gasteiger partial charge < -0.3 is 15.8 Å². The van der Waals surface area contributed by atoms with E-state index in [1.54, 1.807) is 7.11 Å². The van der Waals surface area contributed by atoms with E-state index < -0.39 is 0 Å². The number of hydrogen-bond acceptors (Lipinski definition) is 2. The van der Waals surface area contributed by atoms with Crippen molar-refractivity contribution in [2.24, 2.45) is 10.7 Å². The van der Waals surface area contributed by atoms with Crippen molar-refractivity contribution in [2.45, 2.75) is 13.3 Å². The molecule has 88 valence electrons. The summed E-state index contributed by atoms with van der Waals surface area (Å²) in [4.78, 5) is 4.09. The van der Waals surface area contributed by atoms with Gasteiger partial charge in [-0.1, -0.05) is 18.2 Å². The van der Waals surface area contributed by atoms with Gasteiger partial charge in [-0.15, -0.1) is 0 Å². The molecule has 0 aliphatic rings. The van der Waals surface area contributed by atoms with Crippen LogP contribution in [0.4, 0.5) is 5.69 Å². The summed E-state index contributed by atoms with van der Waals surface area (Å²) < 4.78 is 5.06. The van der Waals surface area contributed by atoms with Crippen LogP contribution in [0.15, 0.2) is 29.3 Å². The minimum Gasteiger partial charge on any atom is -0.384 e. The maximum atomic E-state index is 5.72. The number of ether oxygens (including phenoxy) is 1. The number of aliphatic imine (C=N–C) groups is 1. The molecule has 1 aromatic carbocycles. The third-order valence-corrected chi connectivity index (χ3v) is 2.18. The van der Waals surface area contributed by atoms with Crippen molar-refractivity contribution < 1.29 is 4.74 Å². The molecule has 0 atom stereocenters. The molecule has 0 unspecified atom stereocenters. The number of para-hydroxylation sites is 1. The maximum absolute atomic E-state index is 5.72. The summed E-state index contributed by atoms with van der Waals surface area (Å²) in [6.45, 7) is 3.33. The van der Waals surface area contributed by atoms with E-state index in [-0.39, 0.29) is 0 Å². The predicted octanol–water partition coefficient (Wildman–Crippen LogP) is 1.62. The maximum Gasteiger partial charge on any atom is 0.193 e. The zero-order valence-corrected chi connectivity index (χ0v) is 9.86. The minimum absolute atomic E-state index is 0.451. The Labute approximate surface area is 96.5 Å². The summed E-state index contributed by atoms with van der Waals surface area (Å²) in [5, 5.41) is 3.09. The molecule has 1 rings (SSSR count). The van der Waals surface area contributed by atoms with Gasteiger partial charge in [0.2, 0.25) is 0 Å². The van der Waals surface area contributed by atoms with E-state index in [4.69, 9.17) is 10.5 Å². The molecule has 1 aromatic rings. The van der Waals surface area contributed by atoms with Crippen molar-refractivity contribution in [3.05, 3.63) is 29.8 Å². The van der Waals surface area contributed by atoms with Gasteiger partial charge in [0.1, 0.15) is 0 Å². The molecule has 0 aliphatic heterocycles. The smallest absolute Gasteiger partial charge is 0.193 e. The summed E-state index contributed by atoms with van der Waals surface area (Å²) in [6.07, 6.45) is 0.860. The third kappa shape index (κ3) is 3.90. The first-order valence-corrected chi connectivity index (χ1v) is 5.41. The molecule has 0 aliphatic carbocycles. The standard InChI is InChI=1S/C12H19N3O/c1-3-14-12(13)15-11-7-5-4-6-10(11)8-9-16-2/h4-7H,3,8-9H2,1-2H3,(H3,13,14,15). The van der Waals surface area contributed by atoms with Crippen LogP contribution in [0.1, 0.15) is 12.5 Å².